The standard InChI is InChI=1S/C10H9FN2.ClH/c11-10(6-13-7-10)9-3-1-8(5-12)2-4-9;/h1-4,13H,6-7H2;1H. The number of rotatable bonds is 1. The van der Waals surface area contributed by atoms with Crippen LogP contribution in [0.2, 0.25) is 0 Å². The summed E-state index contributed by atoms with van der Waals surface area (Å²) in [6.07, 6.45) is 0. The molecule has 1 N–H and O–H groups in total. The smallest absolute Gasteiger partial charge is 0.160 e. The van der Waals surface area contributed by atoms with E-state index in [1.54, 1.807) is 24.3 Å². The van der Waals surface area contributed by atoms with Crippen molar-refractivity contribution in [2.45, 2.75) is 5.67 Å². The van der Waals surface area contributed by atoms with Gasteiger partial charge in [-0.1, -0.05) is 12.1 Å². The van der Waals surface area contributed by atoms with Crippen molar-refractivity contribution in [1.29, 1.82) is 5.26 Å². The molecule has 1 aliphatic heterocycles. The van der Waals surface area contributed by atoms with Crippen LogP contribution in [-0.2, 0) is 5.67 Å². The molecule has 2 rings (SSSR count). The van der Waals surface area contributed by atoms with Gasteiger partial charge >= 0.3 is 0 Å². The molecule has 1 heterocycles. The molecule has 0 saturated carbocycles. The van der Waals surface area contributed by atoms with Gasteiger partial charge in [0.15, 0.2) is 5.67 Å². The zero-order chi connectivity index (χ0) is 9.31. The molecule has 0 atom stereocenters. The topological polar surface area (TPSA) is 35.8 Å². The highest BCUT2D eigenvalue weighted by atomic mass is 35.5. The zero-order valence-corrected chi connectivity index (χ0v) is 8.27. The number of nitrogens with zero attached hydrogens (tertiary/aromatic N) is 1. The molecule has 0 radical (unpaired) electrons. The molecule has 0 amide bonds. The molecule has 0 aromatic heterocycles. The van der Waals surface area contributed by atoms with E-state index in [1.807, 2.05) is 6.07 Å². The third-order valence-electron chi connectivity index (χ3n) is 2.34. The van der Waals surface area contributed by atoms with Crippen LogP contribution in [0.25, 0.3) is 0 Å². The molecule has 1 aromatic carbocycles. The highest BCUT2D eigenvalue weighted by Crippen LogP contribution is 2.29. The molecule has 1 aromatic rings. The minimum atomic E-state index is -1.21. The second-order valence-electron chi connectivity index (χ2n) is 3.26. The predicted octanol–water partition coefficient (Wildman–Crippen LogP) is 1.75. The normalized spacial score (nSPS) is 17.4. The average molecular weight is 213 g/mol. The molecule has 0 aliphatic carbocycles. The van der Waals surface area contributed by atoms with Crippen LogP contribution in [-0.4, -0.2) is 13.1 Å². The summed E-state index contributed by atoms with van der Waals surface area (Å²) in [4.78, 5) is 0. The Bertz CT molecular complexity index is 351. The van der Waals surface area contributed by atoms with Crippen molar-refractivity contribution in [2.24, 2.45) is 0 Å². The van der Waals surface area contributed by atoms with Gasteiger partial charge in [0, 0.05) is 13.1 Å². The fourth-order valence-electron chi connectivity index (χ4n) is 1.39. The van der Waals surface area contributed by atoms with E-state index in [2.05, 4.69) is 5.32 Å². The van der Waals surface area contributed by atoms with Gasteiger partial charge in [0.1, 0.15) is 0 Å². The van der Waals surface area contributed by atoms with Gasteiger partial charge in [-0.05, 0) is 17.7 Å². The first-order valence-electron chi connectivity index (χ1n) is 4.15. The van der Waals surface area contributed by atoms with E-state index in [4.69, 9.17) is 5.26 Å². The third-order valence-corrected chi connectivity index (χ3v) is 2.34. The first kappa shape index (κ1) is 11.0. The van der Waals surface area contributed by atoms with E-state index in [9.17, 15) is 4.39 Å². The number of hydrogen-bond donors (Lipinski definition) is 1. The number of halogens is 2. The lowest BCUT2D eigenvalue weighted by Gasteiger charge is -2.35. The largest absolute Gasteiger partial charge is 0.310 e. The number of hydrogen-bond acceptors (Lipinski definition) is 2. The molecular formula is C10H10ClFN2. The Kier molecular flexibility index (Phi) is 3.10. The minimum absolute atomic E-state index is 0. The Labute approximate surface area is 88.1 Å². The summed E-state index contributed by atoms with van der Waals surface area (Å²) in [7, 11) is 0. The maximum Gasteiger partial charge on any atom is 0.160 e. The van der Waals surface area contributed by atoms with Gasteiger partial charge in [-0.3, -0.25) is 0 Å². The van der Waals surface area contributed by atoms with E-state index in [0.29, 0.717) is 24.2 Å². The first-order valence-corrected chi connectivity index (χ1v) is 4.15. The molecule has 1 aliphatic rings. The van der Waals surface area contributed by atoms with Crippen LogP contribution in [0.5, 0.6) is 0 Å². The Balaban J connectivity index is 0.000000980. The molecule has 0 unspecified atom stereocenters. The number of alkyl halides is 1. The summed E-state index contributed by atoms with van der Waals surface area (Å²) < 4.78 is 13.7. The quantitative estimate of drug-likeness (QED) is 0.770. The fourth-order valence-corrected chi connectivity index (χ4v) is 1.39. The van der Waals surface area contributed by atoms with Crippen molar-refractivity contribution in [3.05, 3.63) is 35.4 Å². The highest BCUT2D eigenvalue weighted by molar-refractivity contribution is 5.85. The van der Waals surface area contributed by atoms with Gasteiger partial charge in [-0.2, -0.15) is 5.26 Å². The SMILES string of the molecule is Cl.N#Cc1ccc(C2(F)CNC2)cc1. The van der Waals surface area contributed by atoms with E-state index < -0.39 is 5.67 Å². The summed E-state index contributed by atoms with van der Waals surface area (Å²) >= 11 is 0. The Morgan fingerprint density at radius 1 is 1.29 bits per heavy atom. The summed E-state index contributed by atoms with van der Waals surface area (Å²) in [5.74, 6) is 0. The lowest BCUT2D eigenvalue weighted by molar-refractivity contribution is 0.0891. The fraction of sp³-hybridized carbons (Fsp3) is 0.300. The lowest BCUT2D eigenvalue weighted by Crippen LogP contribution is -2.53. The van der Waals surface area contributed by atoms with Gasteiger partial charge < -0.3 is 5.32 Å². The van der Waals surface area contributed by atoms with Crippen LogP contribution in [0.3, 0.4) is 0 Å². The van der Waals surface area contributed by atoms with Gasteiger partial charge in [0.2, 0.25) is 0 Å². The van der Waals surface area contributed by atoms with Crippen molar-refractivity contribution < 1.29 is 4.39 Å². The van der Waals surface area contributed by atoms with E-state index >= 15 is 0 Å². The molecule has 4 heteroatoms. The Morgan fingerprint density at radius 2 is 1.86 bits per heavy atom. The van der Waals surface area contributed by atoms with Crippen molar-refractivity contribution in [3.8, 4) is 6.07 Å². The molecule has 14 heavy (non-hydrogen) atoms. The van der Waals surface area contributed by atoms with Crippen LogP contribution in [0.1, 0.15) is 11.1 Å². The summed E-state index contributed by atoms with van der Waals surface area (Å²) in [6, 6.07) is 8.66. The first-order chi connectivity index (χ1) is 6.24. The van der Waals surface area contributed by atoms with Crippen LogP contribution in [0.4, 0.5) is 4.39 Å². The molecule has 0 spiro atoms. The third kappa shape index (κ3) is 1.72. The van der Waals surface area contributed by atoms with Gasteiger partial charge in [0.05, 0.1) is 11.6 Å². The molecular weight excluding hydrogens is 203 g/mol. The minimum Gasteiger partial charge on any atom is -0.310 e. The summed E-state index contributed by atoms with van der Waals surface area (Å²) in [5.41, 5.74) is 0.0124. The predicted molar refractivity (Wildman–Crippen MR) is 54.1 cm³/mol. The van der Waals surface area contributed by atoms with E-state index in [-0.39, 0.29) is 12.4 Å². The van der Waals surface area contributed by atoms with Crippen LogP contribution in [0.15, 0.2) is 24.3 Å². The maximum absolute atomic E-state index is 13.7. The van der Waals surface area contributed by atoms with Crippen molar-refractivity contribution >= 4 is 12.4 Å². The van der Waals surface area contributed by atoms with Crippen molar-refractivity contribution in [3.63, 3.8) is 0 Å². The van der Waals surface area contributed by atoms with Crippen LogP contribution < -0.4 is 5.32 Å². The number of nitriles is 1. The zero-order valence-electron chi connectivity index (χ0n) is 7.46. The maximum atomic E-state index is 13.7. The molecule has 1 fully saturated rings. The molecule has 1 saturated heterocycles. The number of nitrogens with one attached hydrogen (secondary N) is 1. The van der Waals surface area contributed by atoms with Crippen LogP contribution in [0, 0.1) is 11.3 Å². The van der Waals surface area contributed by atoms with Gasteiger partial charge in [-0.15, -0.1) is 12.4 Å². The van der Waals surface area contributed by atoms with Gasteiger partial charge in [0.25, 0.3) is 0 Å². The van der Waals surface area contributed by atoms with E-state index in [0.717, 1.165) is 0 Å². The lowest BCUT2D eigenvalue weighted by atomic mass is 9.90. The molecule has 2 nitrogen and oxygen atoms in total. The monoisotopic (exact) mass is 212 g/mol. The van der Waals surface area contributed by atoms with E-state index in [1.165, 1.54) is 0 Å². The molecule has 74 valence electrons. The number of benzene rings is 1. The summed E-state index contributed by atoms with van der Waals surface area (Å²) in [6.45, 7) is 0.748. The van der Waals surface area contributed by atoms with Crippen molar-refractivity contribution in [2.75, 3.05) is 13.1 Å². The summed E-state index contributed by atoms with van der Waals surface area (Å²) in [5, 5.41) is 11.4. The average Bonchev–Trinajstić information content (AvgIpc) is 2.14. The Hall–Kier alpha value is -1.11. The van der Waals surface area contributed by atoms with Crippen molar-refractivity contribution in [1.82, 2.24) is 5.32 Å². The molecule has 0 bridgehead atoms. The second kappa shape index (κ2) is 3.95. The highest BCUT2D eigenvalue weighted by Gasteiger charge is 2.38. The van der Waals surface area contributed by atoms with Gasteiger partial charge in [-0.25, -0.2) is 4.39 Å². The van der Waals surface area contributed by atoms with Crippen LogP contribution >= 0.6 is 12.4 Å². The second-order valence-corrected chi connectivity index (χ2v) is 3.26. The Morgan fingerprint density at radius 3 is 2.21 bits per heavy atom.